The molecule has 0 radical (unpaired) electrons. The van der Waals surface area contributed by atoms with Gasteiger partial charge in [-0.05, 0) is 24.0 Å². The first-order valence-corrected chi connectivity index (χ1v) is 5.11. The SMILES string of the molecule is CCC1=C(N)C(C)C2C=CCC=C12. The molecule has 2 rings (SSSR count). The van der Waals surface area contributed by atoms with Crippen LogP contribution in [0.5, 0.6) is 0 Å². The van der Waals surface area contributed by atoms with E-state index in [9.17, 15) is 0 Å². The average Bonchev–Trinajstić information content (AvgIpc) is 2.41. The lowest BCUT2D eigenvalue weighted by molar-refractivity contribution is 0.580. The Morgan fingerprint density at radius 3 is 3.00 bits per heavy atom. The maximum atomic E-state index is 6.10. The molecule has 0 amide bonds. The highest BCUT2D eigenvalue weighted by Crippen LogP contribution is 2.42. The topological polar surface area (TPSA) is 26.0 Å². The van der Waals surface area contributed by atoms with E-state index in [1.807, 2.05) is 0 Å². The van der Waals surface area contributed by atoms with Gasteiger partial charge in [0.2, 0.25) is 0 Å². The third-order valence-electron chi connectivity index (χ3n) is 3.26. The largest absolute Gasteiger partial charge is 0.402 e. The molecule has 2 aliphatic rings. The molecular weight excluding hydrogens is 158 g/mol. The Morgan fingerprint density at radius 2 is 2.31 bits per heavy atom. The van der Waals surface area contributed by atoms with Crippen LogP contribution in [0.25, 0.3) is 0 Å². The number of fused-ring (bicyclic) bond motifs is 1. The van der Waals surface area contributed by atoms with Crippen LogP contribution in [0.1, 0.15) is 26.7 Å². The molecule has 2 N–H and O–H groups in total. The van der Waals surface area contributed by atoms with Crippen LogP contribution < -0.4 is 5.73 Å². The molecule has 0 fully saturated rings. The van der Waals surface area contributed by atoms with Crippen LogP contribution in [-0.4, -0.2) is 0 Å². The van der Waals surface area contributed by atoms with Crippen LogP contribution >= 0.6 is 0 Å². The Hall–Kier alpha value is -0.980. The van der Waals surface area contributed by atoms with Gasteiger partial charge in [-0.2, -0.15) is 0 Å². The number of hydrogen-bond acceptors (Lipinski definition) is 1. The van der Waals surface area contributed by atoms with Crippen LogP contribution in [0.4, 0.5) is 0 Å². The first kappa shape index (κ1) is 8.61. The summed E-state index contributed by atoms with van der Waals surface area (Å²) in [5, 5.41) is 0. The lowest BCUT2D eigenvalue weighted by Crippen LogP contribution is -2.11. The molecule has 13 heavy (non-hydrogen) atoms. The Balaban J connectivity index is 2.41. The first-order valence-electron chi connectivity index (χ1n) is 5.11. The molecule has 70 valence electrons. The van der Waals surface area contributed by atoms with Gasteiger partial charge in [-0.15, -0.1) is 0 Å². The summed E-state index contributed by atoms with van der Waals surface area (Å²) in [6.07, 6.45) is 9.05. The summed E-state index contributed by atoms with van der Waals surface area (Å²) < 4.78 is 0. The zero-order valence-electron chi connectivity index (χ0n) is 8.38. The maximum Gasteiger partial charge on any atom is 0.0154 e. The highest BCUT2D eigenvalue weighted by molar-refractivity contribution is 5.47. The van der Waals surface area contributed by atoms with Crippen molar-refractivity contribution in [2.75, 3.05) is 0 Å². The molecule has 0 aromatic heterocycles. The van der Waals surface area contributed by atoms with E-state index < -0.39 is 0 Å². The molecule has 0 heterocycles. The minimum Gasteiger partial charge on any atom is -0.402 e. The van der Waals surface area contributed by atoms with E-state index in [0.717, 1.165) is 18.5 Å². The van der Waals surface area contributed by atoms with Gasteiger partial charge in [-0.3, -0.25) is 0 Å². The summed E-state index contributed by atoms with van der Waals surface area (Å²) in [5.41, 5.74) is 10.1. The van der Waals surface area contributed by atoms with Gasteiger partial charge in [0.05, 0.1) is 0 Å². The van der Waals surface area contributed by atoms with Crippen molar-refractivity contribution < 1.29 is 0 Å². The van der Waals surface area contributed by atoms with Gasteiger partial charge < -0.3 is 5.73 Å². The fourth-order valence-electron chi connectivity index (χ4n) is 2.46. The van der Waals surface area contributed by atoms with E-state index in [0.29, 0.717) is 11.8 Å². The fourth-order valence-corrected chi connectivity index (χ4v) is 2.46. The highest BCUT2D eigenvalue weighted by Gasteiger charge is 2.32. The smallest absolute Gasteiger partial charge is 0.0154 e. The molecule has 1 heteroatoms. The molecule has 0 aliphatic heterocycles. The third kappa shape index (κ3) is 1.14. The van der Waals surface area contributed by atoms with Crippen molar-refractivity contribution in [2.45, 2.75) is 26.7 Å². The van der Waals surface area contributed by atoms with Crippen molar-refractivity contribution in [3.8, 4) is 0 Å². The second-order valence-electron chi connectivity index (χ2n) is 3.93. The molecule has 2 aliphatic carbocycles. The van der Waals surface area contributed by atoms with E-state index in [1.54, 1.807) is 0 Å². The summed E-state index contributed by atoms with van der Waals surface area (Å²) >= 11 is 0. The summed E-state index contributed by atoms with van der Waals surface area (Å²) in [4.78, 5) is 0. The van der Waals surface area contributed by atoms with E-state index in [2.05, 4.69) is 32.1 Å². The van der Waals surface area contributed by atoms with E-state index >= 15 is 0 Å². The standard InChI is InChI=1S/C12H17N/c1-3-9-11-7-5-4-6-10(11)8(2)12(9)13/h4,6-8,10H,3,5,13H2,1-2H3. The summed E-state index contributed by atoms with van der Waals surface area (Å²) in [7, 11) is 0. The highest BCUT2D eigenvalue weighted by atomic mass is 14.6. The Bertz CT molecular complexity index is 307. The Labute approximate surface area is 80.0 Å². The second kappa shape index (κ2) is 3.06. The summed E-state index contributed by atoms with van der Waals surface area (Å²) in [5.74, 6) is 1.08. The number of rotatable bonds is 1. The average molecular weight is 175 g/mol. The molecule has 0 bridgehead atoms. The molecule has 0 spiro atoms. The van der Waals surface area contributed by atoms with Crippen LogP contribution in [0.15, 0.2) is 35.1 Å². The molecule has 1 nitrogen and oxygen atoms in total. The van der Waals surface area contributed by atoms with Gasteiger partial charge in [-0.25, -0.2) is 0 Å². The van der Waals surface area contributed by atoms with E-state index in [4.69, 9.17) is 5.73 Å². The van der Waals surface area contributed by atoms with Gasteiger partial charge in [0, 0.05) is 17.5 Å². The van der Waals surface area contributed by atoms with Gasteiger partial charge in [0.15, 0.2) is 0 Å². The van der Waals surface area contributed by atoms with E-state index in [1.165, 1.54) is 11.1 Å². The molecule has 0 saturated carbocycles. The monoisotopic (exact) mass is 175 g/mol. The van der Waals surface area contributed by atoms with Gasteiger partial charge in [0.25, 0.3) is 0 Å². The van der Waals surface area contributed by atoms with E-state index in [-0.39, 0.29) is 0 Å². The third-order valence-corrected chi connectivity index (χ3v) is 3.26. The number of allylic oxidation sites excluding steroid dienone is 6. The van der Waals surface area contributed by atoms with Crippen LogP contribution in [0.2, 0.25) is 0 Å². The molecular formula is C12H17N. The minimum absolute atomic E-state index is 0.512. The van der Waals surface area contributed by atoms with Crippen LogP contribution in [0, 0.1) is 11.8 Å². The van der Waals surface area contributed by atoms with Crippen molar-refractivity contribution >= 4 is 0 Å². The van der Waals surface area contributed by atoms with Crippen molar-refractivity contribution in [1.29, 1.82) is 0 Å². The summed E-state index contributed by atoms with van der Waals surface area (Å²) in [6.45, 7) is 4.42. The Morgan fingerprint density at radius 1 is 1.54 bits per heavy atom. The van der Waals surface area contributed by atoms with Crippen molar-refractivity contribution in [3.05, 3.63) is 35.1 Å². The quantitative estimate of drug-likeness (QED) is 0.609. The Kier molecular flexibility index (Phi) is 2.03. The molecule has 2 unspecified atom stereocenters. The molecule has 0 saturated heterocycles. The molecule has 2 atom stereocenters. The normalized spacial score (nSPS) is 32.0. The van der Waals surface area contributed by atoms with Gasteiger partial charge in [-0.1, -0.05) is 32.1 Å². The number of nitrogens with two attached hydrogens (primary N) is 1. The van der Waals surface area contributed by atoms with Crippen molar-refractivity contribution in [2.24, 2.45) is 17.6 Å². The first-order chi connectivity index (χ1) is 6.25. The molecule has 0 aromatic carbocycles. The summed E-state index contributed by atoms with van der Waals surface area (Å²) in [6, 6.07) is 0. The minimum atomic E-state index is 0.512. The predicted molar refractivity (Wildman–Crippen MR) is 56.0 cm³/mol. The van der Waals surface area contributed by atoms with Crippen LogP contribution in [0.3, 0.4) is 0 Å². The predicted octanol–water partition coefficient (Wildman–Crippen LogP) is 2.76. The van der Waals surface area contributed by atoms with Crippen molar-refractivity contribution in [1.82, 2.24) is 0 Å². The zero-order valence-corrected chi connectivity index (χ0v) is 8.38. The zero-order chi connectivity index (χ0) is 9.42. The fraction of sp³-hybridized carbons (Fsp3) is 0.500. The lowest BCUT2D eigenvalue weighted by atomic mass is 9.87. The number of hydrogen-bond donors (Lipinski definition) is 1. The maximum absolute atomic E-state index is 6.10. The van der Waals surface area contributed by atoms with Crippen molar-refractivity contribution in [3.63, 3.8) is 0 Å². The van der Waals surface area contributed by atoms with Gasteiger partial charge >= 0.3 is 0 Å². The van der Waals surface area contributed by atoms with Crippen LogP contribution in [-0.2, 0) is 0 Å². The second-order valence-corrected chi connectivity index (χ2v) is 3.93. The van der Waals surface area contributed by atoms with Gasteiger partial charge in [0.1, 0.15) is 0 Å². The lowest BCUT2D eigenvalue weighted by Gasteiger charge is -2.17. The molecule has 0 aromatic rings.